The zero-order valence-corrected chi connectivity index (χ0v) is 10.0. The summed E-state index contributed by atoms with van der Waals surface area (Å²) in [5, 5.41) is 12.6. The Morgan fingerprint density at radius 3 is 2.88 bits per heavy atom. The number of hydrogen-bond acceptors (Lipinski definition) is 4. The second kappa shape index (κ2) is 5.42. The van der Waals surface area contributed by atoms with Gasteiger partial charge in [0, 0.05) is 6.04 Å². The number of halogens is 1. The Balaban J connectivity index is 1.94. The van der Waals surface area contributed by atoms with Crippen LogP contribution in [0.2, 0.25) is 5.15 Å². The average molecular weight is 256 g/mol. The largest absolute Gasteiger partial charge is 0.393 e. The van der Waals surface area contributed by atoms with E-state index < -0.39 is 0 Å². The first-order valence-corrected chi connectivity index (χ1v) is 5.99. The van der Waals surface area contributed by atoms with Crippen LogP contribution in [0, 0.1) is 0 Å². The predicted molar refractivity (Wildman–Crippen MR) is 62.8 cm³/mol. The summed E-state index contributed by atoms with van der Waals surface area (Å²) in [4.78, 5) is 19.5. The highest BCUT2D eigenvalue weighted by Crippen LogP contribution is 2.18. The van der Waals surface area contributed by atoms with Crippen LogP contribution in [0.5, 0.6) is 0 Å². The Kier molecular flexibility index (Phi) is 3.91. The minimum Gasteiger partial charge on any atom is -0.393 e. The van der Waals surface area contributed by atoms with E-state index in [1.807, 2.05) is 0 Å². The summed E-state index contributed by atoms with van der Waals surface area (Å²) in [5.41, 5.74) is 0.245. The molecule has 0 aromatic carbocycles. The first-order chi connectivity index (χ1) is 8.15. The van der Waals surface area contributed by atoms with Crippen molar-refractivity contribution < 1.29 is 9.90 Å². The SMILES string of the molecule is O=C(NC1CCCC(O)C1)c1cnc(Cl)cn1. The maximum absolute atomic E-state index is 11.8. The molecule has 0 radical (unpaired) electrons. The molecule has 1 aromatic rings. The average Bonchev–Trinajstić information content (AvgIpc) is 2.29. The van der Waals surface area contributed by atoms with Crippen LogP contribution in [0.3, 0.4) is 0 Å². The molecule has 0 aliphatic heterocycles. The summed E-state index contributed by atoms with van der Waals surface area (Å²) >= 11 is 5.59. The Hall–Kier alpha value is -1.20. The molecule has 17 heavy (non-hydrogen) atoms. The van der Waals surface area contributed by atoms with Gasteiger partial charge < -0.3 is 10.4 Å². The van der Waals surface area contributed by atoms with Gasteiger partial charge in [-0.1, -0.05) is 11.6 Å². The van der Waals surface area contributed by atoms with E-state index in [4.69, 9.17) is 11.6 Å². The first kappa shape index (κ1) is 12.3. The number of aliphatic hydroxyl groups excluding tert-OH is 1. The summed E-state index contributed by atoms with van der Waals surface area (Å²) in [5.74, 6) is -0.270. The van der Waals surface area contributed by atoms with Crippen molar-refractivity contribution in [2.45, 2.75) is 37.8 Å². The Morgan fingerprint density at radius 2 is 2.24 bits per heavy atom. The van der Waals surface area contributed by atoms with Crippen LogP contribution in [0.15, 0.2) is 12.4 Å². The van der Waals surface area contributed by atoms with E-state index in [0.717, 1.165) is 19.3 Å². The standard InChI is InChI=1S/C11H14ClN3O2/c12-10-6-13-9(5-14-10)11(17)15-7-2-1-3-8(16)4-7/h5-8,16H,1-4H2,(H,15,17). The lowest BCUT2D eigenvalue weighted by molar-refractivity contribution is 0.0845. The molecule has 6 heteroatoms. The summed E-state index contributed by atoms with van der Waals surface area (Å²) in [7, 11) is 0. The van der Waals surface area contributed by atoms with Crippen LogP contribution >= 0.6 is 11.6 Å². The molecule has 1 aromatic heterocycles. The van der Waals surface area contributed by atoms with Crippen LogP contribution in [-0.2, 0) is 0 Å². The Morgan fingerprint density at radius 1 is 1.41 bits per heavy atom. The van der Waals surface area contributed by atoms with E-state index in [1.54, 1.807) is 0 Å². The lowest BCUT2D eigenvalue weighted by Gasteiger charge is -2.26. The van der Waals surface area contributed by atoms with Gasteiger partial charge in [0.2, 0.25) is 0 Å². The van der Waals surface area contributed by atoms with E-state index in [-0.39, 0.29) is 28.9 Å². The smallest absolute Gasteiger partial charge is 0.271 e. The maximum atomic E-state index is 11.8. The van der Waals surface area contributed by atoms with Gasteiger partial charge in [0.25, 0.3) is 5.91 Å². The Bertz CT molecular complexity index is 396. The molecule has 1 amide bonds. The molecule has 0 spiro atoms. The molecule has 1 aliphatic carbocycles. The molecule has 1 saturated carbocycles. The fraction of sp³-hybridized carbons (Fsp3) is 0.545. The van der Waals surface area contributed by atoms with Gasteiger partial charge in [-0.05, 0) is 25.7 Å². The van der Waals surface area contributed by atoms with Crippen molar-refractivity contribution in [3.8, 4) is 0 Å². The lowest BCUT2D eigenvalue weighted by Crippen LogP contribution is -2.40. The van der Waals surface area contributed by atoms with E-state index in [2.05, 4.69) is 15.3 Å². The minimum atomic E-state index is -0.314. The van der Waals surface area contributed by atoms with Crippen molar-refractivity contribution in [3.05, 3.63) is 23.2 Å². The van der Waals surface area contributed by atoms with Crippen LogP contribution < -0.4 is 5.32 Å². The highest BCUT2D eigenvalue weighted by Gasteiger charge is 2.22. The molecule has 2 N–H and O–H groups in total. The molecule has 1 fully saturated rings. The number of carbonyl (C=O) groups excluding carboxylic acids is 1. The van der Waals surface area contributed by atoms with Crippen LogP contribution in [-0.4, -0.2) is 33.1 Å². The second-order valence-electron chi connectivity index (χ2n) is 4.22. The normalized spacial score (nSPS) is 24.4. The zero-order valence-electron chi connectivity index (χ0n) is 9.27. The van der Waals surface area contributed by atoms with E-state index in [9.17, 15) is 9.90 Å². The molecule has 2 unspecified atom stereocenters. The summed E-state index contributed by atoms with van der Waals surface area (Å²) in [6.07, 6.45) is 5.61. The van der Waals surface area contributed by atoms with Crippen molar-refractivity contribution in [3.63, 3.8) is 0 Å². The molecule has 2 rings (SSSR count). The van der Waals surface area contributed by atoms with Gasteiger partial charge in [-0.25, -0.2) is 9.97 Å². The number of rotatable bonds is 2. The molecule has 2 atom stereocenters. The van der Waals surface area contributed by atoms with Crippen molar-refractivity contribution in [2.24, 2.45) is 0 Å². The number of nitrogens with zero attached hydrogens (tertiary/aromatic N) is 2. The van der Waals surface area contributed by atoms with Crippen LogP contribution in [0.4, 0.5) is 0 Å². The number of aromatic nitrogens is 2. The Labute approximate surface area is 104 Å². The third kappa shape index (κ3) is 3.38. The van der Waals surface area contributed by atoms with Crippen molar-refractivity contribution >= 4 is 17.5 Å². The lowest BCUT2D eigenvalue weighted by atomic mass is 9.93. The third-order valence-electron chi connectivity index (χ3n) is 2.83. The zero-order chi connectivity index (χ0) is 12.3. The summed E-state index contributed by atoms with van der Waals surface area (Å²) in [6, 6.07) is 0.0173. The van der Waals surface area contributed by atoms with Gasteiger partial charge >= 0.3 is 0 Å². The number of hydrogen-bond donors (Lipinski definition) is 2. The van der Waals surface area contributed by atoms with Crippen molar-refractivity contribution in [1.29, 1.82) is 0 Å². The minimum absolute atomic E-state index is 0.0173. The highest BCUT2D eigenvalue weighted by molar-refractivity contribution is 6.29. The molecular weight excluding hydrogens is 242 g/mol. The topological polar surface area (TPSA) is 75.1 Å². The van der Waals surface area contributed by atoms with Crippen LogP contribution in [0.25, 0.3) is 0 Å². The maximum Gasteiger partial charge on any atom is 0.271 e. The fourth-order valence-electron chi connectivity index (χ4n) is 1.98. The molecule has 1 aliphatic rings. The van der Waals surface area contributed by atoms with Gasteiger partial charge in [0.05, 0.1) is 18.5 Å². The number of carbonyl (C=O) groups is 1. The number of aliphatic hydroxyl groups is 1. The number of nitrogens with one attached hydrogen (secondary N) is 1. The van der Waals surface area contributed by atoms with Gasteiger partial charge in [-0.3, -0.25) is 4.79 Å². The monoisotopic (exact) mass is 255 g/mol. The van der Waals surface area contributed by atoms with Gasteiger partial charge in [0.1, 0.15) is 10.8 Å². The molecule has 0 bridgehead atoms. The van der Waals surface area contributed by atoms with Gasteiger partial charge in [-0.2, -0.15) is 0 Å². The van der Waals surface area contributed by atoms with Crippen LogP contribution in [0.1, 0.15) is 36.2 Å². The quantitative estimate of drug-likeness (QED) is 0.832. The number of amides is 1. The van der Waals surface area contributed by atoms with E-state index in [0.29, 0.717) is 6.42 Å². The second-order valence-corrected chi connectivity index (χ2v) is 4.60. The predicted octanol–water partition coefficient (Wildman–Crippen LogP) is 1.16. The molecular formula is C11H14ClN3O2. The third-order valence-corrected chi connectivity index (χ3v) is 3.03. The molecule has 5 nitrogen and oxygen atoms in total. The van der Waals surface area contributed by atoms with Gasteiger partial charge in [-0.15, -0.1) is 0 Å². The van der Waals surface area contributed by atoms with E-state index in [1.165, 1.54) is 12.4 Å². The van der Waals surface area contributed by atoms with Crippen molar-refractivity contribution in [1.82, 2.24) is 15.3 Å². The molecule has 1 heterocycles. The highest BCUT2D eigenvalue weighted by atomic mass is 35.5. The van der Waals surface area contributed by atoms with Gasteiger partial charge in [0.15, 0.2) is 0 Å². The van der Waals surface area contributed by atoms with Crippen molar-refractivity contribution in [2.75, 3.05) is 0 Å². The fourth-order valence-corrected chi connectivity index (χ4v) is 2.08. The molecule has 92 valence electrons. The summed E-state index contributed by atoms with van der Waals surface area (Å²) < 4.78 is 0. The van der Waals surface area contributed by atoms with E-state index >= 15 is 0 Å². The first-order valence-electron chi connectivity index (χ1n) is 5.61. The molecule has 0 saturated heterocycles. The summed E-state index contributed by atoms with van der Waals surface area (Å²) in [6.45, 7) is 0.